The van der Waals surface area contributed by atoms with E-state index in [1.807, 2.05) is 0 Å². The van der Waals surface area contributed by atoms with E-state index in [0.29, 0.717) is 0 Å². The quantitative estimate of drug-likeness (QED) is 0.676. The van der Waals surface area contributed by atoms with Gasteiger partial charge in [0.25, 0.3) is 0 Å². The van der Waals surface area contributed by atoms with Gasteiger partial charge in [-0.3, -0.25) is 0 Å². The van der Waals surface area contributed by atoms with E-state index in [4.69, 9.17) is 0 Å². The summed E-state index contributed by atoms with van der Waals surface area (Å²) < 4.78 is 0. The van der Waals surface area contributed by atoms with Crippen LogP contribution in [0.3, 0.4) is 0 Å². The van der Waals surface area contributed by atoms with E-state index in [9.17, 15) is 0 Å². The number of aryl methyl sites for hydroxylation is 5. The van der Waals surface area contributed by atoms with Crippen molar-refractivity contribution in [2.45, 2.75) is 40.5 Å². The van der Waals surface area contributed by atoms with Gasteiger partial charge in [0.1, 0.15) is 0 Å². The first kappa shape index (κ1) is 14.7. The summed E-state index contributed by atoms with van der Waals surface area (Å²) in [6.45, 7) is 10.7. The van der Waals surface area contributed by atoms with Crippen molar-refractivity contribution in [3.8, 4) is 0 Å². The molecule has 1 aromatic carbocycles. The minimum atomic E-state index is 0.225. The Morgan fingerprint density at radius 3 is 1.50 bits per heavy atom. The summed E-state index contributed by atoms with van der Waals surface area (Å²) in [6.07, 6.45) is 0. The first-order chi connectivity index (χ1) is 10.5. The van der Waals surface area contributed by atoms with Crippen molar-refractivity contribution in [3.63, 3.8) is 0 Å². The molecule has 0 atom stereocenters. The highest BCUT2D eigenvalue weighted by atomic mass is 14.8. The summed E-state index contributed by atoms with van der Waals surface area (Å²) in [5.41, 5.74) is 10.2. The monoisotopic (exact) mass is 292 g/mol. The van der Waals surface area contributed by atoms with E-state index >= 15 is 0 Å². The van der Waals surface area contributed by atoms with E-state index in [-0.39, 0.29) is 5.92 Å². The average Bonchev–Trinajstić information content (AvgIpc) is 2.95. The van der Waals surface area contributed by atoms with Crippen molar-refractivity contribution in [3.05, 3.63) is 81.4 Å². The first-order valence-corrected chi connectivity index (χ1v) is 7.84. The summed E-state index contributed by atoms with van der Waals surface area (Å²) in [5, 5.41) is 0. The van der Waals surface area contributed by atoms with Crippen LogP contribution in [-0.4, -0.2) is 9.97 Å². The number of aromatic nitrogens is 2. The number of rotatable bonds is 3. The summed E-state index contributed by atoms with van der Waals surface area (Å²) in [5.74, 6) is 0.225. The van der Waals surface area contributed by atoms with Crippen LogP contribution in [0.15, 0.2) is 36.4 Å². The molecule has 0 bridgehead atoms. The highest BCUT2D eigenvalue weighted by Gasteiger charge is 2.23. The number of benzene rings is 1. The molecule has 0 aliphatic carbocycles. The fourth-order valence-electron chi connectivity index (χ4n) is 3.34. The summed E-state index contributed by atoms with van der Waals surface area (Å²) in [6, 6.07) is 13.3. The number of hydrogen-bond acceptors (Lipinski definition) is 0. The first-order valence-electron chi connectivity index (χ1n) is 7.84. The van der Waals surface area contributed by atoms with Crippen LogP contribution in [0.4, 0.5) is 0 Å². The second-order valence-electron chi connectivity index (χ2n) is 6.44. The predicted molar refractivity (Wildman–Crippen MR) is 92.7 cm³/mol. The third kappa shape index (κ3) is 2.61. The Kier molecular flexibility index (Phi) is 3.69. The third-order valence-electron chi connectivity index (χ3n) is 4.37. The zero-order valence-corrected chi connectivity index (χ0v) is 14.0. The van der Waals surface area contributed by atoms with Crippen molar-refractivity contribution in [1.29, 1.82) is 0 Å². The average molecular weight is 292 g/mol. The molecule has 0 aliphatic heterocycles. The summed E-state index contributed by atoms with van der Waals surface area (Å²) in [4.78, 5) is 7.14. The Labute approximate surface area is 132 Å². The maximum absolute atomic E-state index is 3.57. The molecule has 2 heteroatoms. The zero-order chi connectivity index (χ0) is 15.9. The van der Waals surface area contributed by atoms with Crippen molar-refractivity contribution in [2.75, 3.05) is 0 Å². The van der Waals surface area contributed by atoms with Gasteiger partial charge in [0.2, 0.25) is 0 Å². The lowest BCUT2D eigenvalue weighted by Crippen LogP contribution is -2.07. The molecule has 2 N–H and O–H groups in total. The second kappa shape index (κ2) is 5.53. The van der Waals surface area contributed by atoms with Crippen LogP contribution in [0.5, 0.6) is 0 Å². The van der Waals surface area contributed by atoms with Crippen molar-refractivity contribution in [2.24, 2.45) is 0 Å². The van der Waals surface area contributed by atoms with Gasteiger partial charge < -0.3 is 9.97 Å². The lowest BCUT2D eigenvalue weighted by atomic mass is 9.89. The van der Waals surface area contributed by atoms with Gasteiger partial charge in [-0.2, -0.15) is 0 Å². The van der Waals surface area contributed by atoms with Crippen molar-refractivity contribution >= 4 is 0 Å². The van der Waals surface area contributed by atoms with Gasteiger partial charge in [-0.05, 0) is 63.4 Å². The highest BCUT2D eigenvalue weighted by molar-refractivity contribution is 5.45. The summed E-state index contributed by atoms with van der Waals surface area (Å²) in [7, 11) is 0. The molecule has 3 aromatic rings. The Morgan fingerprint density at radius 2 is 1.14 bits per heavy atom. The molecule has 0 saturated carbocycles. The van der Waals surface area contributed by atoms with Crippen LogP contribution in [-0.2, 0) is 0 Å². The Hall–Kier alpha value is -2.22. The fourth-order valence-corrected chi connectivity index (χ4v) is 3.34. The van der Waals surface area contributed by atoms with Gasteiger partial charge in [0.05, 0.1) is 5.92 Å². The van der Waals surface area contributed by atoms with Gasteiger partial charge in [-0.1, -0.05) is 29.8 Å². The molecule has 0 unspecified atom stereocenters. The van der Waals surface area contributed by atoms with E-state index in [1.54, 1.807) is 0 Å². The van der Waals surface area contributed by atoms with E-state index in [0.717, 1.165) is 0 Å². The summed E-state index contributed by atoms with van der Waals surface area (Å²) >= 11 is 0. The standard InChI is InChI=1S/C20H24N2/c1-12-6-8-17(9-7-12)18(19-13(2)10-15(4)21-19)20-14(3)11-16(5)22-20/h6-11,18,21-22H,1-5H3. The normalized spacial score (nSPS) is 11.4. The SMILES string of the molecule is Cc1ccc(C(c2[nH]c(C)cc2C)c2[nH]c(C)cc2C)cc1. The second-order valence-corrected chi connectivity index (χ2v) is 6.44. The van der Waals surface area contributed by atoms with Gasteiger partial charge >= 0.3 is 0 Å². The van der Waals surface area contributed by atoms with E-state index in [2.05, 4.69) is 81.0 Å². The maximum Gasteiger partial charge on any atom is 0.0646 e. The number of hydrogen-bond donors (Lipinski definition) is 2. The molecule has 0 amide bonds. The lowest BCUT2D eigenvalue weighted by molar-refractivity contribution is 0.869. The Morgan fingerprint density at radius 1 is 0.682 bits per heavy atom. The van der Waals surface area contributed by atoms with Crippen LogP contribution in [0, 0.1) is 34.6 Å². The van der Waals surface area contributed by atoms with E-state index in [1.165, 1.54) is 45.0 Å². The maximum atomic E-state index is 3.57. The molecular weight excluding hydrogens is 268 g/mol. The molecule has 2 nitrogen and oxygen atoms in total. The van der Waals surface area contributed by atoms with Crippen LogP contribution in [0.25, 0.3) is 0 Å². The molecule has 0 aliphatic rings. The highest BCUT2D eigenvalue weighted by Crippen LogP contribution is 2.35. The third-order valence-corrected chi connectivity index (χ3v) is 4.37. The largest absolute Gasteiger partial charge is 0.361 e. The molecule has 114 valence electrons. The molecule has 0 fully saturated rings. The molecule has 3 rings (SSSR count). The topological polar surface area (TPSA) is 31.6 Å². The van der Waals surface area contributed by atoms with E-state index < -0.39 is 0 Å². The van der Waals surface area contributed by atoms with Crippen LogP contribution < -0.4 is 0 Å². The Balaban J connectivity index is 2.20. The van der Waals surface area contributed by atoms with Crippen LogP contribution >= 0.6 is 0 Å². The van der Waals surface area contributed by atoms with Crippen LogP contribution in [0.2, 0.25) is 0 Å². The van der Waals surface area contributed by atoms with Gasteiger partial charge in [-0.15, -0.1) is 0 Å². The molecule has 0 saturated heterocycles. The molecule has 2 aromatic heterocycles. The molecule has 0 spiro atoms. The van der Waals surface area contributed by atoms with Crippen molar-refractivity contribution in [1.82, 2.24) is 9.97 Å². The van der Waals surface area contributed by atoms with Crippen molar-refractivity contribution < 1.29 is 0 Å². The molecule has 2 heterocycles. The minimum Gasteiger partial charge on any atom is -0.361 e. The molecule has 0 radical (unpaired) electrons. The fraction of sp³-hybridized carbons (Fsp3) is 0.300. The van der Waals surface area contributed by atoms with Gasteiger partial charge in [-0.25, -0.2) is 0 Å². The molecule has 22 heavy (non-hydrogen) atoms. The smallest absolute Gasteiger partial charge is 0.0646 e. The van der Waals surface area contributed by atoms with Gasteiger partial charge in [0.15, 0.2) is 0 Å². The minimum absolute atomic E-state index is 0.225. The number of H-pyrrole nitrogens is 2. The Bertz CT molecular complexity index is 741. The molecular formula is C20H24N2. The van der Waals surface area contributed by atoms with Gasteiger partial charge in [0, 0.05) is 22.8 Å². The predicted octanol–water partition coefficient (Wildman–Crippen LogP) is 5.07. The number of nitrogens with one attached hydrogen (secondary N) is 2. The number of aromatic amines is 2. The zero-order valence-electron chi connectivity index (χ0n) is 14.0. The lowest BCUT2D eigenvalue weighted by Gasteiger charge is -2.18. The van der Waals surface area contributed by atoms with Crippen LogP contribution in [0.1, 0.15) is 50.9 Å².